The number of unbranched alkanes of at least 4 members (excludes halogenated alkanes) is 29. The smallest absolute Gasteiger partial charge is 0.155 e. The fourth-order valence-corrected chi connectivity index (χ4v) is 7.02. The minimum absolute atomic E-state index is 0.130. The lowest BCUT2D eigenvalue weighted by Crippen LogP contribution is -2.34. The van der Waals surface area contributed by atoms with Crippen LogP contribution in [0.2, 0.25) is 0 Å². The van der Waals surface area contributed by atoms with Crippen LogP contribution in [-0.4, -0.2) is 53.5 Å². The molecule has 0 aromatic heterocycles. The van der Waals surface area contributed by atoms with Gasteiger partial charge in [0.25, 0.3) is 0 Å². The fourth-order valence-electron chi connectivity index (χ4n) is 7.02. The lowest BCUT2D eigenvalue weighted by Gasteiger charge is -2.24. The molecule has 0 saturated carbocycles. The van der Waals surface area contributed by atoms with Crippen LogP contribution in [0, 0.1) is 0 Å². The van der Waals surface area contributed by atoms with Gasteiger partial charge in [-0.3, -0.25) is 0 Å². The van der Waals surface area contributed by atoms with Crippen molar-refractivity contribution in [2.24, 2.45) is 0 Å². The van der Waals surface area contributed by atoms with Crippen molar-refractivity contribution in [3.63, 3.8) is 0 Å². The number of hydrogen-bond donors (Lipinski definition) is 3. The minimum atomic E-state index is -0.906. The van der Waals surface area contributed by atoms with E-state index >= 15 is 0 Å². The van der Waals surface area contributed by atoms with Crippen molar-refractivity contribution in [3.05, 3.63) is 12.2 Å². The first-order chi connectivity index (χ1) is 26.0. The molecule has 0 aliphatic heterocycles. The number of rotatable bonds is 45. The summed E-state index contributed by atoms with van der Waals surface area (Å²) in [5.41, 5.74) is 0. The molecule has 53 heavy (non-hydrogen) atoms. The number of allylic oxidation sites excluding steroid dienone is 2. The maximum Gasteiger partial charge on any atom is 0.155 e. The molecule has 0 radical (unpaired) electrons. The predicted molar refractivity (Wildman–Crippen MR) is 227 cm³/mol. The molecule has 4 atom stereocenters. The number of aliphatic hydroxyl groups is 3. The zero-order chi connectivity index (χ0) is 38.7. The Labute approximate surface area is 331 Å². The number of ether oxygens (including phenoxy) is 3. The SMILES string of the molecule is CCCCCCCC/C=C\CCCCCCCC(O)OC(COC(O)CCCCCCC)COC(O)CCCCCCCCCCCCCCCCC. The Bertz CT molecular complexity index is 703. The van der Waals surface area contributed by atoms with Gasteiger partial charge in [-0.2, -0.15) is 0 Å². The molecule has 0 aromatic rings. The molecule has 6 nitrogen and oxygen atoms in total. The average Bonchev–Trinajstić information content (AvgIpc) is 3.15. The third-order valence-electron chi connectivity index (χ3n) is 10.6. The Hall–Kier alpha value is -0.500. The number of aliphatic hydroxyl groups excluding tert-OH is 3. The number of hydrogen-bond acceptors (Lipinski definition) is 6. The van der Waals surface area contributed by atoms with Gasteiger partial charge < -0.3 is 29.5 Å². The summed E-state index contributed by atoms with van der Waals surface area (Å²) in [6, 6.07) is 0. The van der Waals surface area contributed by atoms with Gasteiger partial charge in [0.1, 0.15) is 6.10 Å². The van der Waals surface area contributed by atoms with Crippen LogP contribution in [0.5, 0.6) is 0 Å². The van der Waals surface area contributed by atoms with Crippen molar-refractivity contribution >= 4 is 0 Å². The molecule has 0 spiro atoms. The molecule has 0 heterocycles. The van der Waals surface area contributed by atoms with Gasteiger partial charge in [0.15, 0.2) is 18.9 Å². The molecule has 0 saturated heterocycles. The van der Waals surface area contributed by atoms with E-state index in [9.17, 15) is 15.3 Å². The molecule has 3 N–H and O–H groups in total. The molecule has 318 valence electrons. The van der Waals surface area contributed by atoms with Crippen LogP contribution in [-0.2, 0) is 14.2 Å². The van der Waals surface area contributed by atoms with Crippen LogP contribution >= 0.6 is 0 Å². The van der Waals surface area contributed by atoms with Crippen LogP contribution < -0.4 is 0 Å². The topological polar surface area (TPSA) is 88.4 Å². The lowest BCUT2D eigenvalue weighted by molar-refractivity contribution is -0.212. The molecule has 6 heteroatoms. The van der Waals surface area contributed by atoms with Crippen molar-refractivity contribution in [2.75, 3.05) is 13.2 Å². The molecule has 4 unspecified atom stereocenters. The van der Waals surface area contributed by atoms with E-state index in [-0.39, 0.29) is 13.2 Å². The van der Waals surface area contributed by atoms with Gasteiger partial charge in [0.05, 0.1) is 13.2 Å². The zero-order valence-electron chi connectivity index (χ0n) is 35.9. The first-order valence-electron chi connectivity index (χ1n) is 23.6. The van der Waals surface area contributed by atoms with E-state index in [2.05, 4.69) is 32.9 Å². The van der Waals surface area contributed by atoms with Crippen molar-refractivity contribution < 1.29 is 29.5 Å². The van der Waals surface area contributed by atoms with E-state index in [0.717, 1.165) is 38.5 Å². The second-order valence-corrected chi connectivity index (χ2v) is 16.1. The predicted octanol–water partition coefficient (Wildman–Crippen LogP) is 14.0. The fraction of sp³-hybridized carbons (Fsp3) is 0.957. The largest absolute Gasteiger partial charge is 0.368 e. The monoisotopic (exact) mass is 755 g/mol. The highest BCUT2D eigenvalue weighted by Crippen LogP contribution is 2.17. The van der Waals surface area contributed by atoms with Gasteiger partial charge >= 0.3 is 0 Å². The molecular weight excluding hydrogens is 661 g/mol. The molecule has 0 aliphatic rings. The summed E-state index contributed by atoms with van der Waals surface area (Å²) in [7, 11) is 0. The summed E-state index contributed by atoms with van der Waals surface area (Å²) < 4.78 is 17.4. The van der Waals surface area contributed by atoms with Crippen molar-refractivity contribution in [1.29, 1.82) is 0 Å². The highest BCUT2D eigenvalue weighted by atomic mass is 16.7. The first-order valence-corrected chi connectivity index (χ1v) is 23.6. The van der Waals surface area contributed by atoms with E-state index < -0.39 is 25.0 Å². The van der Waals surface area contributed by atoms with E-state index in [1.54, 1.807) is 0 Å². The highest BCUT2D eigenvalue weighted by molar-refractivity contribution is 4.81. The van der Waals surface area contributed by atoms with Gasteiger partial charge in [0.2, 0.25) is 0 Å². The van der Waals surface area contributed by atoms with Crippen LogP contribution in [0.15, 0.2) is 12.2 Å². The summed E-state index contributed by atoms with van der Waals surface area (Å²) in [6.07, 6.45) is 44.8. The zero-order valence-corrected chi connectivity index (χ0v) is 35.9. The van der Waals surface area contributed by atoms with Crippen molar-refractivity contribution in [1.82, 2.24) is 0 Å². The van der Waals surface area contributed by atoms with Crippen LogP contribution in [0.4, 0.5) is 0 Å². The second-order valence-electron chi connectivity index (χ2n) is 16.1. The van der Waals surface area contributed by atoms with Gasteiger partial charge in [0, 0.05) is 0 Å². The maximum absolute atomic E-state index is 10.7. The van der Waals surface area contributed by atoms with Gasteiger partial charge in [-0.1, -0.05) is 200 Å². The third kappa shape index (κ3) is 42.5. The average molecular weight is 755 g/mol. The van der Waals surface area contributed by atoms with Gasteiger partial charge in [-0.05, 0) is 64.2 Å². The first kappa shape index (κ1) is 52.5. The Kier molecular flexibility index (Phi) is 43.8. The maximum atomic E-state index is 10.7. The molecule has 0 bridgehead atoms. The molecule has 0 rings (SSSR count). The van der Waals surface area contributed by atoms with Crippen LogP contribution in [0.3, 0.4) is 0 Å². The summed E-state index contributed by atoms with van der Waals surface area (Å²) in [4.78, 5) is 0. The summed E-state index contributed by atoms with van der Waals surface area (Å²) in [5, 5.41) is 31.6. The second kappa shape index (κ2) is 44.2. The Balaban J connectivity index is 4.18. The third-order valence-corrected chi connectivity index (χ3v) is 10.6. The normalized spacial score (nSPS) is 14.3. The Morgan fingerprint density at radius 1 is 0.340 bits per heavy atom. The van der Waals surface area contributed by atoms with Gasteiger partial charge in [-0.25, -0.2) is 0 Å². The summed E-state index contributed by atoms with van der Waals surface area (Å²) in [6.45, 7) is 7.01. The van der Waals surface area contributed by atoms with Crippen molar-refractivity contribution in [3.8, 4) is 0 Å². The van der Waals surface area contributed by atoms with E-state index in [1.165, 1.54) is 173 Å². The molecule has 0 aromatic carbocycles. The minimum Gasteiger partial charge on any atom is -0.368 e. The van der Waals surface area contributed by atoms with E-state index in [1.807, 2.05) is 0 Å². The van der Waals surface area contributed by atoms with E-state index in [0.29, 0.717) is 19.3 Å². The van der Waals surface area contributed by atoms with Crippen LogP contribution in [0.1, 0.15) is 252 Å². The highest BCUT2D eigenvalue weighted by Gasteiger charge is 2.19. The van der Waals surface area contributed by atoms with Crippen molar-refractivity contribution in [2.45, 2.75) is 277 Å². The summed E-state index contributed by atoms with van der Waals surface area (Å²) in [5.74, 6) is 0. The van der Waals surface area contributed by atoms with Gasteiger partial charge in [-0.15, -0.1) is 0 Å². The summed E-state index contributed by atoms with van der Waals surface area (Å²) >= 11 is 0. The van der Waals surface area contributed by atoms with E-state index in [4.69, 9.17) is 14.2 Å². The molecular formula is C47H94O6. The molecule has 0 aliphatic carbocycles. The lowest BCUT2D eigenvalue weighted by atomic mass is 10.0. The molecule has 0 fully saturated rings. The standard InChI is InChI=1S/C47H94O6/c1-4-7-10-13-15-17-19-21-23-25-27-29-31-34-37-40-46(49)52-43-44(42-51-45(48)39-36-33-12-9-6-3)53-47(50)41-38-35-32-30-28-26-24-22-20-18-16-14-11-8-5-2/h22,24,44-50H,4-21,23,25-43H2,1-3H3/b24-22-. The van der Waals surface area contributed by atoms with Crippen LogP contribution in [0.25, 0.3) is 0 Å². The molecule has 0 amide bonds. The quantitative estimate of drug-likeness (QED) is 0.0326. The Morgan fingerprint density at radius 3 is 0.925 bits per heavy atom. The Morgan fingerprint density at radius 2 is 0.604 bits per heavy atom.